The predicted molar refractivity (Wildman–Crippen MR) is 99.9 cm³/mol. The first-order chi connectivity index (χ1) is 11.2. The summed E-state index contributed by atoms with van der Waals surface area (Å²) in [5.74, 6) is 0.780. The highest BCUT2D eigenvalue weighted by Crippen LogP contribution is 2.38. The Kier molecular flexibility index (Phi) is 5.97. The molecule has 132 valence electrons. The van der Waals surface area contributed by atoms with E-state index in [9.17, 15) is 9.59 Å². The summed E-state index contributed by atoms with van der Waals surface area (Å²) in [6, 6.07) is 8.40. The number of nitrogens with one attached hydrogen (secondary N) is 1. The molecule has 24 heavy (non-hydrogen) atoms. The Bertz CT molecular complexity index is 590. The van der Waals surface area contributed by atoms with Gasteiger partial charge in [0.1, 0.15) is 11.9 Å². The summed E-state index contributed by atoms with van der Waals surface area (Å²) < 4.78 is 0. The van der Waals surface area contributed by atoms with Crippen LogP contribution in [0, 0.1) is 5.92 Å². The van der Waals surface area contributed by atoms with Crippen LogP contribution in [0.2, 0.25) is 0 Å². The lowest BCUT2D eigenvalue weighted by Crippen LogP contribution is -2.40. The Labute approximate surface area is 149 Å². The maximum absolute atomic E-state index is 12.2. The minimum absolute atomic E-state index is 0.0320. The molecule has 0 unspecified atom stereocenters. The Morgan fingerprint density at radius 3 is 2.46 bits per heavy atom. The van der Waals surface area contributed by atoms with Gasteiger partial charge in [-0.25, -0.2) is 0 Å². The summed E-state index contributed by atoms with van der Waals surface area (Å²) in [4.78, 5) is 26.0. The number of hydrogen-bond acceptors (Lipinski definition) is 3. The number of carbonyl (C=O) groups excluding carboxylic acids is 2. The van der Waals surface area contributed by atoms with Crippen LogP contribution in [0.4, 0.5) is 0 Å². The Balaban J connectivity index is 2.08. The first kappa shape index (κ1) is 18.8. The lowest BCUT2D eigenvalue weighted by Gasteiger charge is -2.25. The van der Waals surface area contributed by atoms with Crippen molar-refractivity contribution in [2.75, 3.05) is 18.8 Å². The van der Waals surface area contributed by atoms with Gasteiger partial charge in [-0.05, 0) is 22.5 Å². The van der Waals surface area contributed by atoms with Crippen molar-refractivity contribution in [1.82, 2.24) is 10.2 Å². The summed E-state index contributed by atoms with van der Waals surface area (Å²) in [7, 11) is 0. The molecule has 0 aliphatic carbocycles. The molecule has 0 aromatic heterocycles. The summed E-state index contributed by atoms with van der Waals surface area (Å²) in [5.41, 5.74) is 2.45. The van der Waals surface area contributed by atoms with Gasteiger partial charge < -0.3 is 10.2 Å². The van der Waals surface area contributed by atoms with E-state index in [0.29, 0.717) is 18.2 Å². The normalized spacial score (nSPS) is 18.3. The Hall–Kier alpha value is -1.49. The van der Waals surface area contributed by atoms with E-state index in [1.165, 1.54) is 5.56 Å². The van der Waals surface area contributed by atoms with Gasteiger partial charge in [0.2, 0.25) is 11.8 Å². The van der Waals surface area contributed by atoms with Crippen LogP contribution in [0.5, 0.6) is 0 Å². The topological polar surface area (TPSA) is 49.4 Å². The fourth-order valence-electron chi connectivity index (χ4n) is 2.58. The van der Waals surface area contributed by atoms with Crippen LogP contribution in [-0.4, -0.2) is 35.6 Å². The summed E-state index contributed by atoms with van der Waals surface area (Å²) in [6.45, 7) is 11.4. The van der Waals surface area contributed by atoms with Crippen molar-refractivity contribution in [3.8, 4) is 0 Å². The first-order valence-electron chi connectivity index (χ1n) is 8.46. The van der Waals surface area contributed by atoms with Crippen molar-refractivity contribution in [2.45, 2.75) is 45.4 Å². The SMILES string of the molecule is CC(C)CNC(=O)CN1C(=O)CS[C@H]1c1ccc(C(C)(C)C)cc1. The minimum atomic E-state index is -0.0872. The van der Waals surface area contributed by atoms with Gasteiger partial charge in [-0.2, -0.15) is 0 Å². The van der Waals surface area contributed by atoms with Crippen molar-refractivity contribution < 1.29 is 9.59 Å². The number of nitrogens with zero attached hydrogens (tertiary/aromatic N) is 1. The summed E-state index contributed by atoms with van der Waals surface area (Å²) >= 11 is 1.59. The first-order valence-corrected chi connectivity index (χ1v) is 9.51. The Morgan fingerprint density at radius 2 is 1.92 bits per heavy atom. The molecule has 0 spiro atoms. The van der Waals surface area contributed by atoms with E-state index in [1.807, 2.05) is 0 Å². The van der Waals surface area contributed by atoms with E-state index in [1.54, 1.807) is 16.7 Å². The second kappa shape index (κ2) is 7.60. The van der Waals surface area contributed by atoms with Crippen molar-refractivity contribution in [1.29, 1.82) is 0 Å². The van der Waals surface area contributed by atoms with Gasteiger partial charge in [0.25, 0.3) is 0 Å². The number of thioether (sulfide) groups is 1. The molecule has 0 saturated carbocycles. The largest absolute Gasteiger partial charge is 0.354 e. The smallest absolute Gasteiger partial charge is 0.239 e. The molecule has 2 amide bonds. The van der Waals surface area contributed by atoms with Crippen LogP contribution < -0.4 is 5.32 Å². The third-order valence-electron chi connectivity index (χ3n) is 4.05. The molecular weight excluding hydrogens is 320 g/mol. The maximum atomic E-state index is 12.2. The van der Waals surface area contributed by atoms with Crippen LogP contribution in [0.3, 0.4) is 0 Å². The fraction of sp³-hybridized carbons (Fsp3) is 0.579. The van der Waals surface area contributed by atoms with Crippen LogP contribution in [-0.2, 0) is 15.0 Å². The zero-order valence-electron chi connectivity index (χ0n) is 15.3. The molecule has 1 aromatic rings. The number of rotatable bonds is 5. The van der Waals surface area contributed by atoms with E-state index in [4.69, 9.17) is 0 Å². The lowest BCUT2D eigenvalue weighted by atomic mass is 9.87. The molecule has 0 radical (unpaired) electrons. The molecule has 1 aromatic carbocycles. The fourth-order valence-corrected chi connectivity index (χ4v) is 3.77. The molecule has 4 nitrogen and oxygen atoms in total. The molecule has 1 atom stereocenters. The number of hydrogen-bond donors (Lipinski definition) is 1. The minimum Gasteiger partial charge on any atom is -0.354 e. The van der Waals surface area contributed by atoms with Crippen molar-refractivity contribution in [3.63, 3.8) is 0 Å². The maximum Gasteiger partial charge on any atom is 0.239 e. The van der Waals surface area contributed by atoms with E-state index < -0.39 is 0 Å². The second-order valence-electron chi connectivity index (χ2n) is 7.75. The molecule has 1 N–H and O–H groups in total. The van der Waals surface area contributed by atoms with Crippen LogP contribution >= 0.6 is 11.8 Å². The Morgan fingerprint density at radius 1 is 1.29 bits per heavy atom. The third-order valence-corrected chi connectivity index (χ3v) is 5.31. The van der Waals surface area contributed by atoms with Gasteiger partial charge in [-0.15, -0.1) is 11.8 Å². The summed E-state index contributed by atoms with van der Waals surface area (Å²) in [5, 5.41) is 2.82. The highest BCUT2D eigenvalue weighted by Gasteiger charge is 2.34. The predicted octanol–water partition coefficient (Wildman–Crippen LogP) is 3.33. The monoisotopic (exact) mass is 348 g/mol. The van der Waals surface area contributed by atoms with E-state index in [2.05, 4.69) is 64.2 Å². The molecule has 5 heteroatoms. The molecule has 0 bridgehead atoms. The van der Waals surface area contributed by atoms with Crippen LogP contribution in [0.15, 0.2) is 24.3 Å². The van der Waals surface area contributed by atoms with Gasteiger partial charge in [-0.3, -0.25) is 9.59 Å². The average Bonchev–Trinajstić information content (AvgIpc) is 2.85. The van der Waals surface area contributed by atoms with Crippen molar-refractivity contribution in [3.05, 3.63) is 35.4 Å². The number of amides is 2. The van der Waals surface area contributed by atoms with Crippen molar-refractivity contribution in [2.24, 2.45) is 5.92 Å². The zero-order chi connectivity index (χ0) is 17.9. The second-order valence-corrected chi connectivity index (χ2v) is 8.82. The molecule has 2 rings (SSSR count). The van der Waals surface area contributed by atoms with Gasteiger partial charge in [-0.1, -0.05) is 58.9 Å². The average molecular weight is 349 g/mol. The van der Waals surface area contributed by atoms with E-state index >= 15 is 0 Å². The van der Waals surface area contributed by atoms with E-state index in [-0.39, 0.29) is 29.1 Å². The molecule has 1 saturated heterocycles. The van der Waals surface area contributed by atoms with E-state index in [0.717, 1.165) is 5.56 Å². The third kappa shape index (κ3) is 4.76. The highest BCUT2D eigenvalue weighted by molar-refractivity contribution is 8.00. The van der Waals surface area contributed by atoms with Crippen LogP contribution in [0.25, 0.3) is 0 Å². The van der Waals surface area contributed by atoms with Crippen LogP contribution in [0.1, 0.15) is 51.1 Å². The number of carbonyl (C=O) groups is 2. The quantitative estimate of drug-likeness (QED) is 0.888. The highest BCUT2D eigenvalue weighted by atomic mass is 32.2. The summed E-state index contributed by atoms with van der Waals surface area (Å²) in [6.07, 6.45) is 0. The lowest BCUT2D eigenvalue weighted by molar-refractivity contribution is -0.133. The van der Waals surface area contributed by atoms with Gasteiger partial charge >= 0.3 is 0 Å². The standard InChI is InChI=1S/C19H28N2O2S/c1-13(2)10-20-16(22)11-21-17(23)12-24-18(21)14-6-8-15(9-7-14)19(3,4)5/h6-9,13,18H,10-12H2,1-5H3,(H,20,22)/t18-/m0/s1. The van der Waals surface area contributed by atoms with Gasteiger partial charge in [0, 0.05) is 6.54 Å². The molecule has 1 heterocycles. The van der Waals surface area contributed by atoms with Gasteiger partial charge in [0.05, 0.1) is 5.75 Å². The van der Waals surface area contributed by atoms with Gasteiger partial charge in [0.15, 0.2) is 0 Å². The molecule has 1 fully saturated rings. The number of benzene rings is 1. The molecular formula is C19H28N2O2S. The molecule has 1 aliphatic rings. The molecule has 1 aliphatic heterocycles. The van der Waals surface area contributed by atoms with Crippen molar-refractivity contribution >= 4 is 23.6 Å². The zero-order valence-corrected chi connectivity index (χ0v) is 16.1.